The van der Waals surface area contributed by atoms with E-state index >= 15 is 4.39 Å². The van der Waals surface area contributed by atoms with E-state index in [2.05, 4.69) is 12.2 Å². The second kappa shape index (κ2) is 8.25. The summed E-state index contributed by atoms with van der Waals surface area (Å²) in [5.41, 5.74) is 2.10. The summed E-state index contributed by atoms with van der Waals surface area (Å²) in [6.07, 6.45) is 9.86. The molecule has 0 aliphatic heterocycles. The van der Waals surface area contributed by atoms with Gasteiger partial charge in [0.2, 0.25) is 5.82 Å². The molecule has 2 aliphatic carbocycles. The van der Waals surface area contributed by atoms with Crippen molar-refractivity contribution in [1.29, 1.82) is 0 Å². The van der Waals surface area contributed by atoms with Crippen molar-refractivity contribution < 1.29 is 17.9 Å². The lowest BCUT2D eigenvalue weighted by atomic mass is 9.74. The van der Waals surface area contributed by atoms with Gasteiger partial charge in [-0.25, -0.2) is 8.78 Å². The highest BCUT2D eigenvalue weighted by Crippen LogP contribution is 2.54. The third-order valence-electron chi connectivity index (χ3n) is 6.32. The predicted octanol–water partition coefficient (Wildman–Crippen LogP) is 7.78. The van der Waals surface area contributed by atoms with Crippen molar-refractivity contribution in [2.45, 2.75) is 58.3 Å². The molecule has 0 saturated heterocycles. The van der Waals surface area contributed by atoms with Gasteiger partial charge in [-0.3, -0.25) is 0 Å². The van der Waals surface area contributed by atoms with Gasteiger partial charge < -0.3 is 4.74 Å². The Hall–Kier alpha value is -2.23. The molecule has 0 aromatic heterocycles. The normalized spacial score (nSPS) is 20.3. The van der Waals surface area contributed by atoms with E-state index in [9.17, 15) is 8.78 Å². The van der Waals surface area contributed by atoms with E-state index < -0.39 is 11.6 Å². The SMILES string of the molecule is C/C=C/C1CCC(c2ccc3c(c2F)-c2c-3cc(OCCCC)c(F)c2F)CC1. The van der Waals surface area contributed by atoms with Gasteiger partial charge in [-0.05, 0) is 73.6 Å². The zero-order valence-corrected chi connectivity index (χ0v) is 17.0. The largest absolute Gasteiger partial charge is 0.490 e. The highest BCUT2D eigenvalue weighted by molar-refractivity contribution is 6.03. The summed E-state index contributed by atoms with van der Waals surface area (Å²) < 4.78 is 50.0. The summed E-state index contributed by atoms with van der Waals surface area (Å²) in [5, 5.41) is 0. The maximum absolute atomic E-state index is 15.3. The maximum atomic E-state index is 15.3. The van der Waals surface area contributed by atoms with Crippen molar-refractivity contribution in [2.24, 2.45) is 5.92 Å². The minimum atomic E-state index is -1.03. The van der Waals surface area contributed by atoms with E-state index in [1.165, 1.54) is 6.07 Å². The lowest BCUT2D eigenvalue weighted by Gasteiger charge is -2.31. The molecule has 29 heavy (non-hydrogen) atoms. The van der Waals surface area contributed by atoms with E-state index in [1.54, 1.807) is 0 Å². The number of fused-ring (bicyclic) bond motifs is 4. The number of hydrogen-bond donors (Lipinski definition) is 0. The molecule has 154 valence electrons. The van der Waals surface area contributed by atoms with Crippen molar-refractivity contribution in [3.63, 3.8) is 0 Å². The first-order valence-corrected chi connectivity index (χ1v) is 10.7. The summed E-state index contributed by atoms with van der Waals surface area (Å²) in [6.45, 7) is 4.36. The Labute approximate surface area is 170 Å². The topological polar surface area (TPSA) is 9.23 Å². The third kappa shape index (κ3) is 3.47. The molecule has 0 spiro atoms. The molecule has 2 aliphatic rings. The van der Waals surface area contributed by atoms with Crippen LogP contribution in [0.25, 0.3) is 22.3 Å². The molecule has 1 nitrogen and oxygen atoms in total. The first-order valence-electron chi connectivity index (χ1n) is 10.7. The van der Waals surface area contributed by atoms with Crippen molar-refractivity contribution in [3.8, 4) is 28.0 Å². The third-order valence-corrected chi connectivity index (χ3v) is 6.32. The van der Waals surface area contributed by atoms with Gasteiger partial charge in [0.15, 0.2) is 11.6 Å². The minimum Gasteiger partial charge on any atom is -0.490 e. The van der Waals surface area contributed by atoms with Gasteiger partial charge in [-0.1, -0.05) is 37.6 Å². The summed E-state index contributed by atoms with van der Waals surface area (Å²) in [7, 11) is 0. The van der Waals surface area contributed by atoms with Gasteiger partial charge in [0.05, 0.1) is 6.61 Å². The first-order chi connectivity index (χ1) is 14.1. The predicted molar refractivity (Wildman–Crippen MR) is 111 cm³/mol. The maximum Gasteiger partial charge on any atom is 0.201 e. The molecular formula is C25H27F3O. The van der Waals surface area contributed by atoms with Crippen LogP contribution in [0.15, 0.2) is 30.4 Å². The van der Waals surface area contributed by atoms with Crippen LogP contribution in [0.1, 0.15) is 63.9 Å². The molecule has 2 aromatic rings. The van der Waals surface area contributed by atoms with Crippen LogP contribution in [0, 0.1) is 23.4 Å². The molecule has 4 heteroatoms. The zero-order chi connectivity index (χ0) is 20.5. The lowest BCUT2D eigenvalue weighted by Crippen LogP contribution is -2.15. The second-order valence-corrected chi connectivity index (χ2v) is 8.16. The number of unbranched alkanes of at least 4 members (excludes halogenated alkanes) is 1. The number of hydrogen-bond acceptors (Lipinski definition) is 1. The highest BCUT2D eigenvalue weighted by atomic mass is 19.2. The number of allylic oxidation sites excluding steroid dienone is 2. The summed E-state index contributed by atoms with van der Waals surface area (Å²) in [6, 6.07) is 5.19. The fraction of sp³-hybridized carbons (Fsp3) is 0.440. The molecule has 0 atom stereocenters. The Bertz CT molecular complexity index is 940. The van der Waals surface area contributed by atoms with Gasteiger partial charge in [-0.2, -0.15) is 4.39 Å². The lowest BCUT2D eigenvalue weighted by molar-refractivity contribution is 0.289. The van der Waals surface area contributed by atoms with Crippen LogP contribution >= 0.6 is 0 Å². The summed E-state index contributed by atoms with van der Waals surface area (Å²) in [5.74, 6) is -1.81. The Morgan fingerprint density at radius 2 is 1.69 bits per heavy atom. The molecule has 0 bridgehead atoms. The van der Waals surface area contributed by atoms with Gasteiger partial charge in [0.25, 0.3) is 0 Å². The fourth-order valence-corrected chi connectivity index (χ4v) is 4.70. The van der Waals surface area contributed by atoms with E-state index in [-0.39, 0.29) is 28.6 Å². The first kappa shape index (κ1) is 20.1. The Morgan fingerprint density at radius 1 is 0.966 bits per heavy atom. The number of halogens is 3. The van der Waals surface area contributed by atoms with E-state index in [4.69, 9.17) is 4.74 Å². The van der Waals surface area contributed by atoms with Crippen LogP contribution in [0.2, 0.25) is 0 Å². The molecule has 1 saturated carbocycles. The molecule has 4 rings (SSSR count). The molecule has 0 unspecified atom stereocenters. The minimum absolute atomic E-state index is 0.0577. The number of rotatable bonds is 6. The van der Waals surface area contributed by atoms with E-state index in [0.29, 0.717) is 29.2 Å². The van der Waals surface area contributed by atoms with Crippen LogP contribution in [-0.4, -0.2) is 6.61 Å². The van der Waals surface area contributed by atoms with Gasteiger partial charge in [0.1, 0.15) is 5.82 Å². The molecule has 0 N–H and O–H groups in total. The Kier molecular flexibility index (Phi) is 5.71. The van der Waals surface area contributed by atoms with Crippen molar-refractivity contribution >= 4 is 0 Å². The molecule has 1 fully saturated rings. The summed E-state index contributed by atoms with van der Waals surface area (Å²) >= 11 is 0. The standard InChI is InChI=1S/C25H27F3O/c1-3-5-13-29-20-14-19-18-12-11-17(16-9-7-15(6-4-2)8-10-16)23(26)21(18)22(19)25(28)24(20)27/h4,6,11-12,14-16H,3,5,7-10,13H2,1-2H3/b6-4+. The zero-order valence-electron chi connectivity index (χ0n) is 17.0. The molecule has 0 amide bonds. The Morgan fingerprint density at radius 3 is 2.38 bits per heavy atom. The molecular weight excluding hydrogens is 373 g/mol. The fourth-order valence-electron chi connectivity index (χ4n) is 4.70. The average molecular weight is 400 g/mol. The average Bonchev–Trinajstić information content (AvgIpc) is 2.71. The van der Waals surface area contributed by atoms with Crippen LogP contribution in [0.3, 0.4) is 0 Å². The van der Waals surface area contributed by atoms with Crippen LogP contribution in [0.4, 0.5) is 13.2 Å². The van der Waals surface area contributed by atoms with Crippen LogP contribution < -0.4 is 4.74 Å². The monoisotopic (exact) mass is 400 g/mol. The second-order valence-electron chi connectivity index (χ2n) is 8.16. The van der Waals surface area contributed by atoms with Crippen molar-refractivity contribution in [1.82, 2.24) is 0 Å². The molecule has 0 heterocycles. The number of benzene rings is 2. The Balaban J connectivity index is 1.62. The van der Waals surface area contributed by atoms with Gasteiger partial charge in [-0.15, -0.1) is 0 Å². The number of ether oxygens (including phenoxy) is 1. The van der Waals surface area contributed by atoms with Gasteiger partial charge in [0, 0.05) is 11.1 Å². The van der Waals surface area contributed by atoms with Crippen molar-refractivity contribution in [3.05, 3.63) is 53.4 Å². The summed E-state index contributed by atoms with van der Waals surface area (Å²) in [4.78, 5) is 0. The van der Waals surface area contributed by atoms with Crippen LogP contribution in [0.5, 0.6) is 5.75 Å². The smallest absolute Gasteiger partial charge is 0.201 e. The van der Waals surface area contributed by atoms with Gasteiger partial charge >= 0.3 is 0 Å². The molecule has 2 aromatic carbocycles. The van der Waals surface area contributed by atoms with Crippen LogP contribution in [-0.2, 0) is 0 Å². The quantitative estimate of drug-likeness (QED) is 0.303. The van der Waals surface area contributed by atoms with E-state index in [1.807, 2.05) is 26.0 Å². The van der Waals surface area contributed by atoms with E-state index in [0.717, 1.165) is 38.5 Å². The molecule has 0 radical (unpaired) electrons. The highest BCUT2D eigenvalue weighted by Gasteiger charge is 2.35. The van der Waals surface area contributed by atoms with Crippen molar-refractivity contribution in [2.75, 3.05) is 6.61 Å².